The molecule has 0 fully saturated rings. The Morgan fingerprint density at radius 2 is 1.86 bits per heavy atom. The molecule has 0 aliphatic heterocycles. The molecule has 1 aliphatic rings. The van der Waals surface area contributed by atoms with E-state index in [9.17, 15) is 14.7 Å². The first-order valence-corrected chi connectivity index (χ1v) is 7.35. The summed E-state index contributed by atoms with van der Waals surface area (Å²) >= 11 is 0. The zero-order chi connectivity index (χ0) is 16.1. The van der Waals surface area contributed by atoms with Crippen LogP contribution in [-0.2, 0) is 9.59 Å². The summed E-state index contributed by atoms with van der Waals surface area (Å²) in [5.74, 6) is -1.63. The van der Waals surface area contributed by atoms with E-state index in [1.165, 1.54) is 0 Å². The highest BCUT2D eigenvalue weighted by molar-refractivity contribution is 5.85. The van der Waals surface area contributed by atoms with E-state index < -0.39 is 17.8 Å². The van der Waals surface area contributed by atoms with E-state index >= 15 is 0 Å². The SMILES string of the molecule is COc1ccccc1C(C)NC(=O)C1CC=CCC1C(=O)O. The largest absolute Gasteiger partial charge is 0.496 e. The summed E-state index contributed by atoms with van der Waals surface area (Å²) in [6.07, 6.45) is 4.56. The predicted molar refractivity (Wildman–Crippen MR) is 82.5 cm³/mol. The average molecular weight is 303 g/mol. The lowest BCUT2D eigenvalue weighted by Gasteiger charge is -2.26. The number of aliphatic carboxylic acids is 1. The molecule has 22 heavy (non-hydrogen) atoms. The second-order valence-electron chi connectivity index (χ2n) is 5.47. The van der Waals surface area contributed by atoms with Gasteiger partial charge in [-0.25, -0.2) is 0 Å². The lowest BCUT2D eigenvalue weighted by atomic mass is 9.82. The Morgan fingerprint density at radius 3 is 2.50 bits per heavy atom. The van der Waals surface area contributed by atoms with Crippen molar-refractivity contribution in [1.29, 1.82) is 0 Å². The minimum absolute atomic E-state index is 0.227. The van der Waals surface area contributed by atoms with Gasteiger partial charge >= 0.3 is 5.97 Å². The van der Waals surface area contributed by atoms with Gasteiger partial charge in [-0.1, -0.05) is 30.4 Å². The van der Waals surface area contributed by atoms with Crippen molar-refractivity contribution >= 4 is 11.9 Å². The Balaban J connectivity index is 2.10. The number of rotatable bonds is 5. The van der Waals surface area contributed by atoms with Crippen LogP contribution in [0.3, 0.4) is 0 Å². The van der Waals surface area contributed by atoms with Crippen molar-refractivity contribution in [3.05, 3.63) is 42.0 Å². The molecule has 0 bridgehead atoms. The normalized spacial score (nSPS) is 21.9. The van der Waals surface area contributed by atoms with Gasteiger partial charge in [-0.05, 0) is 25.8 Å². The van der Waals surface area contributed by atoms with E-state index in [0.29, 0.717) is 18.6 Å². The molecule has 0 aromatic heterocycles. The number of methoxy groups -OCH3 is 1. The molecule has 0 radical (unpaired) electrons. The summed E-state index contributed by atoms with van der Waals surface area (Å²) in [5.41, 5.74) is 0.872. The number of benzene rings is 1. The topological polar surface area (TPSA) is 75.6 Å². The zero-order valence-electron chi connectivity index (χ0n) is 12.8. The number of ether oxygens (including phenoxy) is 1. The van der Waals surface area contributed by atoms with Crippen LogP contribution < -0.4 is 10.1 Å². The van der Waals surface area contributed by atoms with Crippen molar-refractivity contribution in [2.45, 2.75) is 25.8 Å². The molecule has 5 heteroatoms. The highest BCUT2D eigenvalue weighted by Gasteiger charge is 2.34. The Kier molecular flexibility index (Phi) is 5.20. The number of hydrogen-bond donors (Lipinski definition) is 2. The summed E-state index contributed by atoms with van der Waals surface area (Å²) in [4.78, 5) is 23.7. The van der Waals surface area contributed by atoms with Crippen LogP contribution in [0, 0.1) is 11.8 Å². The summed E-state index contributed by atoms with van der Waals surface area (Å²) in [6, 6.07) is 7.22. The number of para-hydroxylation sites is 1. The van der Waals surface area contributed by atoms with Crippen molar-refractivity contribution < 1.29 is 19.4 Å². The van der Waals surface area contributed by atoms with Gasteiger partial charge in [0, 0.05) is 5.56 Å². The Hall–Kier alpha value is -2.30. The van der Waals surface area contributed by atoms with Crippen molar-refractivity contribution in [2.75, 3.05) is 7.11 Å². The van der Waals surface area contributed by atoms with E-state index in [4.69, 9.17) is 4.74 Å². The lowest BCUT2D eigenvalue weighted by Crippen LogP contribution is -2.39. The standard InChI is InChI=1S/C17H21NO4/c1-11(12-7-5-6-10-15(12)22-2)18-16(19)13-8-3-4-9-14(13)17(20)21/h3-7,10-11,13-14H,8-9H2,1-2H3,(H,18,19)(H,20,21). The molecule has 0 saturated heterocycles. The van der Waals surface area contributed by atoms with E-state index in [0.717, 1.165) is 5.56 Å². The van der Waals surface area contributed by atoms with Gasteiger partial charge < -0.3 is 15.2 Å². The number of carbonyl (C=O) groups is 2. The van der Waals surface area contributed by atoms with Gasteiger partial charge in [0.1, 0.15) is 5.75 Å². The van der Waals surface area contributed by atoms with Gasteiger partial charge in [0.05, 0.1) is 25.0 Å². The smallest absolute Gasteiger partial charge is 0.307 e. The van der Waals surface area contributed by atoms with Crippen LogP contribution in [0.2, 0.25) is 0 Å². The van der Waals surface area contributed by atoms with Crippen LogP contribution in [0.4, 0.5) is 0 Å². The molecule has 1 aliphatic carbocycles. The maximum atomic E-state index is 12.4. The first-order chi connectivity index (χ1) is 10.5. The lowest BCUT2D eigenvalue weighted by molar-refractivity contribution is -0.147. The summed E-state index contributed by atoms with van der Waals surface area (Å²) < 4.78 is 5.30. The third-order valence-corrected chi connectivity index (χ3v) is 4.05. The molecule has 0 spiro atoms. The number of amides is 1. The van der Waals surface area contributed by atoms with Crippen LogP contribution in [0.15, 0.2) is 36.4 Å². The third kappa shape index (κ3) is 3.47. The van der Waals surface area contributed by atoms with Crippen LogP contribution in [-0.4, -0.2) is 24.1 Å². The quantitative estimate of drug-likeness (QED) is 0.820. The highest BCUT2D eigenvalue weighted by Crippen LogP contribution is 2.28. The molecule has 118 valence electrons. The maximum Gasteiger partial charge on any atom is 0.307 e. The van der Waals surface area contributed by atoms with E-state index in [1.54, 1.807) is 7.11 Å². The second kappa shape index (κ2) is 7.11. The van der Waals surface area contributed by atoms with Gasteiger partial charge in [-0.15, -0.1) is 0 Å². The molecule has 1 amide bonds. The Morgan fingerprint density at radius 1 is 1.23 bits per heavy atom. The van der Waals surface area contributed by atoms with Gasteiger partial charge in [-0.2, -0.15) is 0 Å². The first kappa shape index (κ1) is 16.1. The molecular weight excluding hydrogens is 282 g/mol. The summed E-state index contributed by atoms with van der Waals surface area (Å²) in [7, 11) is 1.58. The van der Waals surface area contributed by atoms with Gasteiger partial charge in [-0.3, -0.25) is 9.59 Å². The van der Waals surface area contributed by atoms with E-state index in [1.807, 2.05) is 43.3 Å². The molecule has 0 saturated carbocycles. The van der Waals surface area contributed by atoms with Crippen molar-refractivity contribution in [3.63, 3.8) is 0 Å². The van der Waals surface area contributed by atoms with Crippen molar-refractivity contribution in [2.24, 2.45) is 11.8 Å². The van der Waals surface area contributed by atoms with Crippen molar-refractivity contribution in [1.82, 2.24) is 5.32 Å². The van der Waals surface area contributed by atoms with Crippen LogP contribution in [0.25, 0.3) is 0 Å². The fraction of sp³-hybridized carbons (Fsp3) is 0.412. The Labute approximate surface area is 130 Å². The second-order valence-corrected chi connectivity index (χ2v) is 5.47. The Bertz CT molecular complexity index is 582. The maximum absolute atomic E-state index is 12.4. The van der Waals surface area contributed by atoms with Crippen molar-refractivity contribution in [3.8, 4) is 5.75 Å². The predicted octanol–water partition coefficient (Wildman–Crippen LogP) is 2.54. The molecule has 1 aromatic rings. The molecule has 3 atom stereocenters. The molecule has 2 N–H and O–H groups in total. The number of hydrogen-bond acceptors (Lipinski definition) is 3. The zero-order valence-corrected chi connectivity index (χ0v) is 12.8. The average Bonchev–Trinajstić information content (AvgIpc) is 2.54. The minimum atomic E-state index is -0.922. The van der Waals surface area contributed by atoms with Gasteiger partial charge in [0.15, 0.2) is 0 Å². The summed E-state index contributed by atoms with van der Waals surface area (Å²) in [6.45, 7) is 1.87. The fourth-order valence-corrected chi connectivity index (χ4v) is 2.80. The molecule has 5 nitrogen and oxygen atoms in total. The van der Waals surface area contributed by atoms with Gasteiger partial charge in [0.25, 0.3) is 0 Å². The monoisotopic (exact) mass is 303 g/mol. The molecule has 3 unspecified atom stereocenters. The van der Waals surface area contributed by atoms with E-state index in [2.05, 4.69) is 5.32 Å². The fourth-order valence-electron chi connectivity index (χ4n) is 2.80. The number of carbonyl (C=O) groups excluding carboxylic acids is 1. The molecule has 0 heterocycles. The summed E-state index contributed by atoms with van der Waals surface area (Å²) in [5, 5.41) is 12.2. The van der Waals surface area contributed by atoms with Crippen LogP contribution in [0.1, 0.15) is 31.4 Å². The number of nitrogens with one attached hydrogen (secondary N) is 1. The number of carboxylic acid groups (broad SMARTS) is 1. The molecular formula is C17H21NO4. The highest BCUT2D eigenvalue weighted by atomic mass is 16.5. The molecule has 2 rings (SSSR count). The minimum Gasteiger partial charge on any atom is -0.496 e. The third-order valence-electron chi connectivity index (χ3n) is 4.05. The number of carboxylic acids is 1. The van der Waals surface area contributed by atoms with Crippen LogP contribution >= 0.6 is 0 Å². The first-order valence-electron chi connectivity index (χ1n) is 7.35. The van der Waals surface area contributed by atoms with Crippen LogP contribution in [0.5, 0.6) is 5.75 Å². The number of allylic oxidation sites excluding steroid dienone is 2. The van der Waals surface area contributed by atoms with Gasteiger partial charge in [0.2, 0.25) is 5.91 Å². The van der Waals surface area contributed by atoms with E-state index in [-0.39, 0.29) is 11.9 Å². The molecule has 1 aromatic carbocycles.